The van der Waals surface area contributed by atoms with Gasteiger partial charge in [-0.15, -0.1) is 0 Å². The molecular formula is C12H13FN2. The Labute approximate surface area is 88.9 Å². The lowest BCUT2D eigenvalue weighted by Gasteiger charge is -2.15. The fourth-order valence-corrected chi connectivity index (χ4v) is 1.69. The Balaban J connectivity index is 2.11. The first-order chi connectivity index (χ1) is 7.20. The summed E-state index contributed by atoms with van der Waals surface area (Å²) in [6.07, 6.45) is 2.51. The zero-order valence-electron chi connectivity index (χ0n) is 8.70. The highest BCUT2D eigenvalue weighted by Crippen LogP contribution is 2.26. The van der Waals surface area contributed by atoms with Crippen molar-refractivity contribution in [3.63, 3.8) is 0 Å². The molecule has 0 atom stereocenters. The number of nitrogens with zero attached hydrogens (tertiary/aromatic N) is 2. The Morgan fingerprint density at radius 3 is 2.87 bits per heavy atom. The first-order valence-electron chi connectivity index (χ1n) is 5.09. The molecule has 1 aliphatic carbocycles. The molecule has 78 valence electrons. The molecule has 3 heteroatoms. The molecule has 0 heterocycles. The number of hydrogen-bond acceptors (Lipinski definition) is 2. The third kappa shape index (κ3) is 2.34. The van der Waals surface area contributed by atoms with Gasteiger partial charge in [0.15, 0.2) is 0 Å². The van der Waals surface area contributed by atoms with Crippen LogP contribution in [-0.4, -0.2) is 18.0 Å². The van der Waals surface area contributed by atoms with Crippen LogP contribution in [0.4, 0.5) is 4.39 Å². The Morgan fingerprint density at radius 2 is 2.27 bits per heavy atom. The second-order valence-corrected chi connectivity index (χ2v) is 4.07. The van der Waals surface area contributed by atoms with E-state index in [1.165, 1.54) is 18.9 Å². The van der Waals surface area contributed by atoms with Crippen LogP contribution in [0.15, 0.2) is 18.2 Å². The molecule has 0 aromatic heterocycles. The van der Waals surface area contributed by atoms with Gasteiger partial charge in [-0.3, -0.25) is 4.90 Å². The van der Waals surface area contributed by atoms with E-state index >= 15 is 0 Å². The van der Waals surface area contributed by atoms with Crippen molar-refractivity contribution in [1.82, 2.24) is 4.90 Å². The predicted molar refractivity (Wildman–Crippen MR) is 55.6 cm³/mol. The predicted octanol–water partition coefficient (Wildman–Crippen LogP) is 2.29. The van der Waals surface area contributed by atoms with E-state index in [1.54, 1.807) is 12.1 Å². The summed E-state index contributed by atoms with van der Waals surface area (Å²) >= 11 is 0. The minimum Gasteiger partial charge on any atom is -0.299 e. The van der Waals surface area contributed by atoms with Crippen molar-refractivity contribution in [3.8, 4) is 6.07 Å². The summed E-state index contributed by atoms with van der Waals surface area (Å²) in [4.78, 5) is 2.24. The van der Waals surface area contributed by atoms with Crippen LogP contribution in [0.25, 0.3) is 0 Å². The van der Waals surface area contributed by atoms with Gasteiger partial charge in [0.1, 0.15) is 11.9 Å². The third-order valence-corrected chi connectivity index (χ3v) is 2.75. The van der Waals surface area contributed by atoms with E-state index in [0.29, 0.717) is 6.04 Å². The third-order valence-electron chi connectivity index (χ3n) is 2.75. The maximum Gasteiger partial charge on any atom is 0.140 e. The number of hydrogen-bond donors (Lipinski definition) is 0. The van der Waals surface area contributed by atoms with E-state index in [2.05, 4.69) is 11.9 Å². The van der Waals surface area contributed by atoms with Crippen molar-refractivity contribution in [1.29, 1.82) is 5.26 Å². The number of halogens is 1. The number of rotatable bonds is 3. The lowest BCUT2D eigenvalue weighted by molar-refractivity contribution is 0.316. The molecule has 1 saturated carbocycles. The lowest BCUT2D eigenvalue weighted by Crippen LogP contribution is -2.19. The molecule has 0 saturated heterocycles. The summed E-state index contributed by atoms with van der Waals surface area (Å²) in [5.74, 6) is -0.435. The van der Waals surface area contributed by atoms with Crippen LogP contribution >= 0.6 is 0 Å². The monoisotopic (exact) mass is 204 g/mol. The highest BCUT2D eigenvalue weighted by atomic mass is 19.1. The van der Waals surface area contributed by atoms with Crippen LogP contribution in [0.2, 0.25) is 0 Å². The van der Waals surface area contributed by atoms with E-state index in [0.717, 1.165) is 12.1 Å². The van der Waals surface area contributed by atoms with Crippen LogP contribution in [0.5, 0.6) is 0 Å². The fourth-order valence-electron chi connectivity index (χ4n) is 1.69. The lowest BCUT2D eigenvalue weighted by atomic mass is 10.1. The Bertz CT molecular complexity index is 405. The molecule has 1 fully saturated rings. The van der Waals surface area contributed by atoms with Gasteiger partial charge in [-0.25, -0.2) is 4.39 Å². The van der Waals surface area contributed by atoms with Crippen molar-refractivity contribution in [2.24, 2.45) is 0 Å². The van der Waals surface area contributed by atoms with E-state index in [-0.39, 0.29) is 5.56 Å². The molecule has 1 aliphatic rings. The SMILES string of the molecule is CN(Cc1ccc(F)c(C#N)c1)C1CC1. The van der Waals surface area contributed by atoms with Crippen LogP contribution in [0.3, 0.4) is 0 Å². The summed E-state index contributed by atoms with van der Waals surface area (Å²) in [5, 5.41) is 8.69. The smallest absolute Gasteiger partial charge is 0.140 e. The van der Waals surface area contributed by atoms with Gasteiger partial charge in [0.05, 0.1) is 5.56 Å². The molecule has 0 radical (unpaired) electrons. The van der Waals surface area contributed by atoms with Crippen molar-refractivity contribution < 1.29 is 4.39 Å². The maximum atomic E-state index is 13.0. The number of benzene rings is 1. The molecule has 1 aromatic rings. The van der Waals surface area contributed by atoms with Gasteiger partial charge in [0.25, 0.3) is 0 Å². The van der Waals surface area contributed by atoms with Gasteiger partial charge >= 0.3 is 0 Å². The number of nitriles is 1. The van der Waals surface area contributed by atoms with Gasteiger partial charge in [-0.1, -0.05) is 6.07 Å². The van der Waals surface area contributed by atoms with Gasteiger partial charge in [0, 0.05) is 12.6 Å². The molecular weight excluding hydrogens is 191 g/mol. The largest absolute Gasteiger partial charge is 0.299 e. The van der Waals surface area contributed by atoms with Gasteiger partial charge in [-0.2, -0.15) is 5.26 Å². The summed E-state index contributed by atoms with van der Waals surface area (Å²) in [6, 6.07) is 7.29. The standard InChI is InChI=1S/C12H13FN2/c1-15(11-3-4-11)8-9-2-5-12(13)10(6-9)7-14/h2,5-6,11H,3-4,8H2,1H3. The molecule has 0 aliphatic heterocycles. The van der Waals surface area contributed by atoms with E-state index in [4.69, 9.17) is 5.26 Å². The average molecular weight is 204 g/mol. The van der Waals surface area contributed by atoms with Crippen LogP contribution < -0.4 is 0 Å². The Hall–Kier alpha value is -1.40. The van der Waals surface area contributed by atoms with Crippen molar-refractivity contribution in [3.05, 3.63) is 35.1 Å². The zero-order valence-corrected chi connectivity index (χ0v) is 8.70. The first kappa shape index (κ1) is 10.1. The second kappa shape index (κ2) is 4.00. The van der Waals surface area contributed by atoms with Crippen LogP contribution in [0, 0.1) is 17.1 Å². The van der Waals surface area contributed by atoms with Gasteiger partial charge < -0.3 is 0 Å². The molecule has 0 N–H and O–H groups in total. The van der Waals surface area contributed by atoms with Crippen molar-refractivity contribution >= 4 is 0 Å². The summed E-state index contributed by atoms with van der Waals surface area (Å²) < 4.78 is 13.0. The topological polar surface area (TPSA) is 27.0 Å². The second-order valence-electron chi connectivity index (χ2n) is 4.07. The highest BCUT2D eigenvalue weighted by Gasteiger charge is 2.25. The van der Waals surface area contributed by atoms with Gasteiger partial charge in [0.2, 0.25) is 0 Å². The minimum atomic E-state index is -0.435. The molecule has 0 unspecified atom stereocenters. The van der Waals surface area contributed by atoms with Crippen molar-refractivity contribution in [2.45, 2.75) is 25.4 Å². The Morgan fingerprint density at radius 1 is 1.53 bits per heavy atom. The molecule has 0 spiro atoms. The van der Waals surface area contributed by atoms with Crippen LogP contribution in [0.1, 0.15) is 24.0 Å². The minimum absolute atomic E-state index is 0.136. The first-order valence-corrected chi connectivity index (χ1v) is 5.09. The van der Waals surface area contributed by atoms with E-state index in [1.807, 2.05) is 6.07 Å². The molecule has 2 nitrogen and oxygen atoms in total. The van der Waals surface area contributed by atoms with E-state index < -0.39 is 5.82 Å². The quantitative estimate of drug-likeness (QED) is 0.755. The summed E-state index contributed by atoms with van der Waals surface area (Å²) in [7, 11) is 2.06. The highest BCUT2D eigenvalue weighted by molar-refractivity contribution is 5.34. The van der Waals surface area contributed by atoms with Gasteiger partial charge in [-0.05, 0) is 37.6 Å². The Kier molecular flexibility index (Phi) is 2.70. The maximum absolute atomic E-state index is 13.0. The molecule has 1 aromatic carbocycles. The van der Waals surface area contributed by atoms with Crippen molar-refractivity contribution in [2.75, 3.05) is 7.05 Å². The molecule has 2 rings (SSSR count). The molecule has 0 bridgehead atoms. The fraction of sp³-hybridized carbons (Fsp3) is 0.417. The summed E-state index contributed by atoms with van der Waals surface area (Å²) in [6.45, 7) is 0.791. The zero-order chi connectivity index (χ0) is 10.8. The normalized spacial score (nSPS) is 15.3. The molecule has 15 heavy (non-hydrogen) atoms. The summed E-state index contributed by atoms with van der Waals surface area (Å²) in [5.41, 5.74) is 1.14. The van der Waals surface area contributed by atoms with E-state index in [9.17, 15) is 4.39 Å². The van der Waals surface area contributed by atoms with Crippen LogP contribution in [-0.2, 0) is 6.54 Å². The molecule has 0 amide bonds. The average Bonchev–Trinajstić information content (AvgIpc) is 3.04.